The van der Waals surface area contributed by atoms with E-state index in [2.05, 4.69) is 0 Å². The van der Waals surface area contributed by atoms with Crippen molar-refractivity contribution in [1.82, 2.24) is 0 Å². The van der Waals surface area contributed by atoms with Crippen LogP contribution in [0.4, 0.5) is 5.69 Å². The molecule has 0 aromatic heterocycles. The Hall–Kier alpha value is -1.75. The lowest BCUT2D eigenvalue weighted by Gasteiger charge is -2.06. The molecule has 1 aromatic rings. The lowest BCUT2D eigenvalue weighted by Crippen LogP contribution is -2.18. The number of hydrogen-bond donors (Lipinski definition) is 2. The van der Waals surface area contributed by atoms with Gasteiger partial charge in [0, 0.05) is 12.3 Å². The first-order chi connectivity index (χ1) is 8.18. The number of carbonyl (C=O) groups excluding carboxylic acids is 1. The van der Waals surface area contributed by atoms with Crippen LogP contribution in [0.1, 0.15) is 12.8 Å². The Labute approximate surface area is 101 Å². The van der Waals surface area contributed by atoms with Crippen molar-refractivity contribution < 1.29 is 14.3 Å². The summed E-state index contributed by atoms with van der Waals surface area (Å²) in [7, 11) is 0. The first kappa shape index (κ1) is 13.3. The van der Waals surface area contributed by atoms with Crippen molar-refractivity contribution in [2.75, 3.05) is 25.6 Å². The minimum absolute atomic E-state index is 0.0151. The van der Waals surface area contributed by atoms with Crippen LogP contribution in [0.5, 0.6) is 5.75 Å². The van der Waals surface area contributed by atoms with Crippen LogP contribution in [0, 0.1) is 0 Å². The van der Waals surface area contributed by atoms with E-state index in [-0.39, 0.29) is 6.61 Å². The molecule has 1 rings (SSSR count). The van der Waals surface area contributed by atoms with E-state index < -0.39 is 5.91 Å². The van der Waals surface area contributed by atoms with Gasteiger partial charge in [0.2, 0.25) is 5.91 Å². The Morgan fingerprint density at radius 3 is 2.41 bits per heavy atom. The van der Waals surface area contributed by atoms with Crippen LogP contribution in [0.15, 0.2) is 24.3 Å². The minimum atomic E-state index is -0.442. The Balaban J connectivity index is 2.01. The molecule has 0 saturated heterocycles. The number of nitrogens with two attached hydrogens (primary N) is 2. The van der Waals surface area contributed by atoms with Crippen LogP contribution in [0.25, 0.3) is 0 Å². The molecule has 5 nitrogen and oxygen atoms in total. The topological polar surface area (TPSA) is 87.6 Å². The Morgan fingerprint density at radius 1 is 1.12 bits per heavy atom. The van der Waals surface area contributed by atoms with E-state index >= 15 is 0 Å². The van der Waals surface area contributed by atoms with Gasteiger partial charge in [-0.05, 0) is 37.1 Å². The summed E-state index contributed by atoms with van der Waals surface area (Å²) < 4.78 is 10.5. The largest absolute Gasteiger partial charge is 0.494 e. The fourth-order valence-electron chi connectivity index (χ4n) is 1.23. The normalized spacial score (nSPS) is 10.1. The van der Waals surface area contributed by atoms with Crippen molar-refractivity contribution in [2.45, 2.75) is 12.8 Å². The smallest absolute Gasteiger partial charge is 0.243 e. The van der Waals surface area contributed by atoms with Crippen molar-refractivity contribution in [3.05, 3.63) is 24.3 Å². The Kier molecular flexibility index (Phi) is 5.88. The SMILES string of the molecule is NC(=O)COCCCCOc1ccc(N)cc1. The van der Waals surface area contributed by atoms with Crippen molar-refractivity contribution in [3.63, 3.8) is 0 Å². The summed E-state index contributed by atoms with van der Waals surface area (Å²) in [6, 6.07) is 7.26. The fourth-order valence-corrected chi connectivity index (χ4v) is 1.23. The summed E-state index contributed by atoms with van der Waals surface area (Å²) in [6.45, 7) is 1.12. The van der Waals surface area contributed by atoms with Crippen molar-refractivity contribution in [2.24, 2.45) is 5.73 Å². The third kappa shape index (κ3) is 6.42. The van der Waals surface area contributed by atoms with Gasteiger partial charge in [-0.25, -0.2) is 0 Å². The number of amides is 1. The molecule has 0 aliphatic rings. The van der Waals surface area contributed by atoms with Gasteiger partial charge in [-0.2, -0.15) is 0 Å². The van der Waals surface area contributed by atoms with E-state index in [4.69, 9.17) is 20.9 Å². The third-order valence-corrected chi connectivity index (χ3v) is 2.08. The molecular weight excluding hydrogens is 220 g/mol. The summed E-state index contributed by atoms with van der Waals surface area (Å²) in [6.07, 6.45) is 1.70. The standard InChI is InChI=1S/C12H18N2O3/c13-10-3-5-11(6-4-10)17-8-2-1-7-16-9-12(14)15/h3-6H,1-2,7-9,13H2,(H2,14,15). The first-order valence-electron chi connectivity index (χ1n) is 5.53. The maximum Gasteiger partial charge on any atom is 0.243 e. The molecule has 94 valence electrons. The summed E-state index contributed by atoms with van der Waals surface area (Å²) in [4.78, 5) is 10.4. The number of anilines is 1. The molecule has 17 heavy (non-hydrogen) atoms. The number of rotatable bonds is 8. The zero-order valence-corrected chi connectivity index (χ0v) is 9.72. The Morgan fingerprint density at radius 2 is 1.76 bits per heavy atom. The first-order valence-corrected chi connectivity index (χ1v) is 5.53. The van der Waals surface area contributed by atoms with Gasteiger partial charge in [-0.1, -0.05) is 0 Å². The van der Waals surface area contributed by atoms with Crippen LogP contribution in [0.2, 0.25) is 0 Å². The highest BCUT2D eigenvalue weighted by atomic mass is 16.5. The van der Waals surface area contributed by atoms with Gasteiger partial charge in [-0.15, -0.1) is 0 Å². The van der Waals surface area contributed by atoms with Gasteiger partial charge in [0.1, 0.15) is 12.4 Å². The van der Waals surface area contributed by atoms with Gasteiger partial charge in [0.25, 0.3) is 0 Å². The van der Waals surface area contributed by atoms with Crippen molar-refractivity contribution in [3.8, 4) is 5.75 Å². The second-order valence-electron chi connectivity index (χ2n) is 3.64. The molecule has 0 heterocycles. The van der Waals surface area contributed by atoms with Crippen LogP contribution in [0.3, 0.4) is 0 Å². The molecule has 4 N–H and O–H groups in total. The number of hydrogen-bond acceptors (Lipinski definition) is 4. The van der Waals surface area contributed by atoms with E-state index in [9.17, 15) is 4.79 Å². The van der Waals surface area contributed by atoms with Crippen LogP contribution in [-0.4, -0.2) is 25.7 Å². The zero-order valence-electron chi connectivity index (χ0n) is 9.72. The predicted octanol–water partition coefficient (Wildman–Crippen LogP) is 0.930. The molecule has 0 radical (unpaired) electrons. The zero-order chi connectivity index (χ0) is 12.5. The fraction of sp³-hybridized carbons (Fsp3) is 0.417. The highest BCUT2D eigenvalue weighted by Crippen LogP contribution is 2.13. The monoisotopic (exact) mass is 238 g/mol. The van der Waals surface area contributed by atoms with Crippen LogP contribution in [-0.2, 0) is 9.53 Å². The van der Waals surface area contributed by atoms with Gasteiger partial charge < -0.3 is 20.9 Å². The number of benzene rings is 1. The number of nitrogen functional groups attached to an aromatic ring is 1. The van der Waals surface area contributed by atoms with Gasteiger partial charge in [-0.3, -0.25) is 4.79 Å². The van der Waals surface area contributed by atoms with E-state index in [0.717, 1.165) is 24.3 Å². The average Bonchev–Trinajstić information content (AvgIpc) is 2.30. The molecule has 0 unspecified atom stereocenters. The molecule has 0 saturated carbocycles. The van der Waals surface area contributed by atoms with Crippen LogP contribution < -0.4 is 16.2 Å². The quantitative estimate of drug-likeness (QED) is 0.521. The number of ether oxygens (including phenoxy) is 2. The second kappa shape index (κ2) is 7.51. The van der Waals surface area contributed by atoms with Crippen molar-refractivity contribution in [1.29, 1.82) is 0 Å². The van der Waals surface area contributed by atoms with Gasteiger partial charge >= 0.3 is 0 Å². The summed E-state index contributed by atoms with van der Waals surface area (Å²) in [5.74, 6) is 0.361. The molecule has 0 spiro atoms. The highest BCUT2D eigenvalue weighted by molar-refractivity contribution is 5.74. The van der Waals surface area contributed by atoms with Gasteiger partial charge in [0.15, 0.2) is 0 Å². The highest BCUT2D eigenvalue weighted by Gasteiger charge is 1.96. The number of carbonyl (C=O) groups is 1. The maximum atomic E-state index is 10.4. The lowest BCUT2D eigenvalue weighted by atomic mass is 10.3. The molecule has 5 heteroatoms. The molecule has 0 bridgehead atoms. The molecule has 0 atom stereocenters. The van der Waals surface area contributed by atoms with Crippen LogP contribution >= 0.6 is 0 Å². The third-order valence-electron chi connectivity index (χ3n) is 2.08. The summed E-state index contributed by atoms with van der Waals surface area (Å²) in [5, 5.41) is 0. The van der Waals surface area contributed by atoms with Crippen molar-refractivity contribution >= 4 is 11.6 Å². The van der Waals surface area contributed by atoms with E-state index in [0.29, 0.717) is 13.2 Å². The molecule has 1 aromatic carbocycles. The van der Waals surface area contributed by atoms with E-state index in [1.807, 2.05) is 12.1 Å². The number of primary amides is 1. The molecule has 1 amide bonds. The second-order valence-corrected chi connectivity index (χ2v) is 3.64. The molecule has 0 fully saturated rings. The molecule has 0 aliphatic carbocycles. The maximum absolute atomic E-state index is 10.4. The Bertz CT molecular complexity index is 338. The number of unbranched alkanes of at least 4 members (excludes halogenated alkanes) is 1. The molecule has 0 aliphatic heterocycles. The van der Waals surface area contributed by atoms with E-state index in [1.54, 1.807) is 12.1 Å². The predicted molar refractivity (Wildman–Crippen MR) is 65.6 cm³/mol. The van der Waals surface area contributed by atoms with E-state index in [1.165, 1.54) is 0 Å². The summed E-state index contributed by atoms with van der Waals surface area (Å²) in [5.41, 5.74) is 11.2. The lowest BCUT2D eigenvalue weighted by molar-refractivity contribution is -0.122. The molecular formula is C12H18N2O3. The van der Waals surface area contributed by atoms with Gasteiger partial charge in [0.05, 0.1) is 6.61 Å². The summed E-state index contributed by atoms with van der Waals surface area (Å²) >= 11 is 0. The average molecular weight is 238 g/mol. The minimum Gasteiger partial charge on any atom is -0.494 e.